The molecule has 0 saturated heterocycles. The first kappa shape index (κ1) is 11.2. The number of nitrogens with one attached hydrogen (secondary N) is 1. The fourth-order valence-corrected chi connectivity index (χ4v) is 1.96. The predicted molar refractivity (Wildman–Crippen MR) is 64.6 cm³/mol. The van der Waals surface area contributed by atoms with Gasteiger partial charge in [-0.15, -0.1) is 0 Å². The number of aryl methyl sites for hydroxylation is 1. The van der Waals surface area contributed by atoms with Crippen molar-refractivity contribution in [3.63, 3.8) is 0 Å². The number of H-pyrrole nitrogens is 1. The van der Waals surface area contributed by atoms with Crippen LogP contribution in [-0.2, 0) is 0 Å². The van der Waals surface area contributed by atoms with E-state index in [0.717, 1.165) is 5.69 Å². The van der Waals surface area contributed by atoms with Crippen molar-refractivity contribution in [3.8, 4) is 11.3 Å². The van der Waals surface area contributed by atoms with Crippen LogP contribution in [0.1, 0.15) is 5.82 Å². The monoisotopic (exact) mass is 254 g/mol. The Balaban J connectivity index is 2.63. The molecule has 82 valence electrons. The van der Waals surface area contributed by atoms with Crippen LogP contribution in [0, 0.1) is 17.4 Å². The molecule has 0 unspecified atom stereocenters. The zero-order chi connectivity index (χ0) is 11.7. The highest BCUT2D eigenvalue weighted by atomic mass is 35.5. The molecule has 2 aromatic rings. The number of aromatic amines is 1. The maximum absolute atomic E-state index is 12.9. The summed E-state index contributed by atoms with van der Waals surface area (Å²) in [6.45, 7) is 1.80. The highest BCUT2D eigenvalue weighted by Crippen LogP contribution is 2.26. The normalized spacial score (nSPS) is 10.4. The molecular weight excluding hydrogens is 247 g/mol. The van der Waals surface area contributed by atoms with Crippen LogP contribution in [0.25, 0.3) is 11.3 Å². The van der Waals surface area contributed by atoms with E-state index < -0.39 is 0 Å². The summed E-state index contributed by atoms with van der Waals surface area (Å²) in [7, 11) is 0. The lowest BCUT2D eigenvalue weighted by atomic mass is 10.1. The van der Waals surface area contributed by atoms with Crippen LogP contribution < -0.4 is 0 Å². The van der Waals surface area contributed by atoms with Gasteiger partial charge in [0.1, 0.15) is 16.3 Å². The fourth-order valence-electron chi connectivity index (χ4n) is 1.43. The Morgan fingerprint density at radius 1 is 1.38 bits per heavy atom. The minimum atomic E-state index is -0.363. The molecule has 1 aromatic heterocycles. The smallest absolute Gasteiger partial charge is 0.130 e. The second kappa shape index (κ2) is 4.31. The average Bonchev–Trinajstić information content (AvgIpc) is 2.15. The van der Waals surface area contributed by atoms with Gasteiger partial charge in [0, 0.05) is 5.56 Å². The summed E-state index contributed by atoms with van der Waals surface area (Å²) in [6, 6.07) is 5.93. The van der Waals surface area contributed by atoms with Gasteiger partial charge in [-0.1, -0.05) is 23.8 Å². The second-order valence-corrected chi connectivity index (χ2v) is 4.17. The van der Waals surface area contributed by atoms with E-state index in [1.165, 1.54) is 12.1 Å². The summed E-state index contributed by atoms with van der Waals surface area (Å²) in [5, 5.41) is 0.344. The van der Waals surface area contributed by atoms with Crippen LogP contribution in [0.5, 0.6) is 0 Å². The van der Waals surface area contributed by atoms with Gasteiger partial charge < -0.3 is 4.98 Å². The molecule has 0 aliphatic rings. The number of hydrogen-bond acceptors (Lipinski definition) is 2. The number of nitrogens with zero attached hydrogens (tertiary/aromatic N) is 1. The standard InChI is InChI=1S/C11H8ClFN2S/c1-6-14-10(5-11(16)15-6)8-3-2-7(13)4-9(8)12/h2-5H,1H3,(H,14,15,16). The van der Waals surface area contributed by atoms with Crippen molar-refractivity contribution >= 4 is 23.8 Å². The Hall–Kier alpha value is -1.26. The minimum absolute atomic E-state index is 0.344. The maximum Gasteiger partial charge on any atom is 0.130 e. The van der Waals surface area contributed by atoms with E-state index in [1.54, 1.807) is 19.1 Å². The molecule has 0 spiro atoms. The van der Waals surface area contributed by atoms with Gasteiger partial charge in [-0.3, -0.25) is 0 Å². The lowest BCUT2D eigenvalue weighted by Gasteiger charge is -2.05. The Bertz CT molecular complexity index is 595. The second-order valence-electron chi connectivity index (χ2n) is 3.34. The number of rotatable bonds is 1. The zero-order valence-electron chi connectivity index (χ0n) is 8.42. The highest BCUT2D eigenvalue weighted by Gasteiger charge is 2.05. The van der Waals surface area contributed by atoms with Gasteiger partial charge in [0.05, 0.1) is 10.7 Å². The van der Waals surface area contributed by atoms with Crippen molar-refractivity contribution in [1.82, 2.24) is 9.97 Å². The summed E-state index contributed by atoms with van der Waals surface area (Å²) in [4.78, 5) is 7.09. The molecule has 2 rings (SSSR count). The Morgan fingerprint density at radius 3 is 2.75 bits per heavy atom. The van der Waals surface area contributed by atoms with Gasteiger partial charge in [0.25, 0.3) is 0 Å². The molecule has 1 heterocycles. The van der Waals surface area contributed by atoms with E-state index in [0.29, 0.717) is 21.1 Å². The summed E-state index contributed by atoms with van der Waals surface area (Å²) in [5.74, 6) is 0.334. The van der Waals surface area contributed by atoms with Crippen LogP contribution in [0.3, 0.4) is 0 Å². The molecule has 0 saturated carbocycles. The molecule has 2 nitrogen and oxygen atoms in total. The number of halogens is 2. The number of hydrogen-bond donors (Lipinski definition) is 1. The molecule has 0 bridgehead atoms. The van der Waals surface area contributed by atoms with Crippen LogP contribution in [0.2, 0.25) is 5.02 Å². The van der Waals surface area contributed by atoms with Crippen molar-refractivity contribution in [2.24, 2.45) is 0 Å². The van der Waals surface area contributed by atoms with Crippen LogP contribution in [-0.4, -0.2) is 9.97 Å². The van der Waals surface area contributed by atoms with Crippen LogP contribution >= 0.6 is 23.8 Å². The van der Waals surface area contributed by atoms with Gasteiger partial charge in [-0.2, -0.15) is 0 Å². The molecule has 5 heteroatoms. The molecule has 1 N–H and O–H groups in total. The van der Waals surface area contributed by atoms with Crippen molar-refractivity contribution in [2.75, 3.05) is 0 Å². The zero-order valence-corrected chi connectivity index (χ0v) is 9.99. The van der Waals surface area contributed by atoms with Crippen molar-refractivity contribution in [2.45, 2.75) is 6.92 Å². The van der Waals surface area contributed by atoms with Crippen molar-refractivity contribution < 1.29 is 4.39 Å². The third-order valence-electron chi connectivity index (χ3n) is 2.08. The number of aromatic nitrogens is 2. The van der Waals surface area contributed by atoms with Gasteiger partial charge in [-0.25, -0.2) is 9.37 Å². The van der Waals surface area contributed by atoms with Gasteiger partial charge >= 0.3 is 0 Å². The molecular formula is C11H8ClFN2S. The Labute approximate surface area is 102 Å². The fraction of sp³-hybridized carbons (Fsp3) is 0.0909. The van der Waals surface area contributed by atoms with Gasteiger partial charge in [0.15, 0.2) is 0 Å². The predicted octanol–water partition coefficient (Wildman–Crippen LogP) is 3.91. The van der Waals surface area contributed by atoms with Crippen LogP contribution in [0.15, 0.2) is 24.3 Å². The lowest BCUT2D eigenvalue weighted by Crippen LogP contribution is -1.92. The third kappa shape index (κ3) is 2.28. The van der Waals surface area contributed by atoms with E-state index in [2.05, 4.69) is 9.97 Å². The number of benzene rings is 1. The molecule has 0 fully saturated rings. The molecule has 0 amide bonds. The Kier molecular flexibility index (Phi) is 3.03. The minimum Gasteiger partial charge on any atom is -0.343 e. The lowest BCUT2D eigenvalue weighted by molar-refractivity contribution is 0.628. The quantitative estimate of drug-likeness (QED) is 0.782. The van der Waals surface area contributed by atoms with E-state index in [4.69, 9.17) is 23.8 Å². The van der Waals surface area contributed by atoms with Crippen molar-refractivity contribution in [1.29, 1.82) is 0 Å². The SMILES string of the molecule is Cc1nc(=S)cc(-c2ccc(F)cc2Cl)[nH]1. The Morgan fingerprint density at radius 2 is 2.12 bits per heavy atom. The largest absolute Gasteiger partial charge is 0.343 e. The van der Waals surface area contributed by atoms with Gasteiger partial charge in [0.2, 0.25) is 0 Å². The first-order valence-corrected chi connectivity index (χ1v) is 5.38. The summed E-state index contributed by atoms with van der Waals surface area (Å²) in [5.41, 5.74) is 1.45. The summed E-state index contributed by atoms with van der Waals surface area (Å²) in [6.07, 6.45) is 0. The van der Waals surface area contributed by atoms with E-state index in [9.17, 15) is 4.39 Å². The van der Waals surface area contributed by atoms with E-state index >= 15 is 0 Å². The molecule has 0 aliphatic carbocycles. The molecule has 0 atom stereocenters. The summed E-state index contributed by atoms with van der Waals surface area (Å²) >= 11 is 11.0. The maximum atomic E-state index is 12.9. The summed E-state index contributed by atoms with van der Waals surface area (Å²) < 4.78 is 13.4. The first-order valence-electron chi connectivity index (χ1n) is 4.59. The molecule has 1 aromatic carbocycles. The molecule has 0 radical (unpaired) electrons. The molecule has 0 aliphatic heterocycles. The topological polar surface area (TPSA) is 28.7 Å². The first-order chi connectivity index (χ1) is 7.56. The van der Waals surface area contributed by atoms with E-state index in [1.807, 2.05) is 0 Å². The molecule has 16 heavy (non-hydrogen) atoms. The van der Waals surface area contributed by atoms with Gasteiger partial charge in [-0.05, 0) is 31.2 Å². The van der Waals surface area contributed by atoms with E-state index in [-0.39, 0.29) is 5.82 Å². The highest BCUT2D eigenvalue weighted by molar-refractivity contribution is 7.71. The van der Waals surface area contributed by atoms with Crippen molar-refractivity contribution in [3.05, 3.63) is 45.6 Å². The third-order valence-corrected chi connectivity index (χ3v) is 2.60. The average molecular weight is 255 g/mol. The van der Waals surface area contributed by atoms with Crippen LogP contribution in [0.4, 0.5) is 4.39 Å².